The predicted octanol–water partition coefficient (Wildman–Crippen LogP) is 7.08. The Morgan fingerprint density at radius 2 is 1.20 bits per heavy atom. The Balaban J connectivity index is 1.79. The Morgan fingerprint density at radius 3 is 1.77 bits per heavy atom. The smallest absolute Gasteiger partial charge is 0.281 e. The minimum Gasteiger partial charge on any atom is -0.281 e. The fraction of sp³-hybridized carbons (Fsp3) is 1.00. The van der Waals surface area contributed by atoms with E-state index in [1.807, 2.05) is 0 Å². The molecule has 0 aromatic heterocycles. The Kier molecular flexibility index (Phi) is 19.4. The minimum atomic E-state index is -4.03. The van der Waals surface area contributed by atoms with Gasteiger partial charge in [-0.1, -0.05) is 108 Å². The molecule has 1 heterocycles. The lowest BCUT2D eigenvalue weighted by molar-refractivity contribution is -0.692. The summed E-state index contributed by atoms with van der Waals surface area (Å²) in [7, 11) is -4.03. The van der Waals surface area contributed by atoms with Gasteiger partial charge in [0, 0.05) is 0 Å². The third kappa shape index (κ3) is 17.6. The van der Waals surface area contributed by atoms with E-state index < -0.39 is 7.82 Å². The van der Waals surface area contributed by atoms with E-state index in [1.54, 1.807) is 0 Å². The molecule has 1 aliphatic heterocycles. The molecular weight excluding hydrogens is 415 g/mol. The van der Waals surface area contributed by atoms with Crippen LogP contribution in [0.15, 0.2) is 0 Å². The maximum absolute atomic E-state index is 12.0. The van der Waals surface area contributed by atoms with Crippen molar-refractivity contribution in [2.45, 2.75) is 110 Å². The van der Waals surface area contributed by atoms with Crippen molar-refractivity contribution in [3.8, 4) is 0 Å². The molecule has 0 bridgehead atoms. The van der Waals surface area contributed by atoms with Crippen LogP contribution in [-0.2, 0) is 43.3 Å². The summed E-state index contributed by atoms with van der Waals surface area (Å²) in [6.45, 7) is 2.40. The molecule has 0 N–H and O–H groups in total. The summed E-state index contributed by atoms with van der Waals surface area (Å²) in [6, 6.07) is 0. The van der Waals surface area contributed by atoms with Gasteiger partial charge >= 0.3 is 7.82 Å². The molecule has 1 rings (SSSR count). The Morgan fingerprint density at radius 1 is 0.667 bits per heavy atom. The number of phosphoric acid groups is 1. The van der Waals surface area contributed by atoms with E-state index in [0.717, 1.165) is 19.3 Å². The predicted molar refractivity (Wildman–Crippen MR) is 110 cm³/mol. The second-order valence-electron chi connectivity index (χ2n) is 7.58. The standard InChI is InChI=1S/C20H41O9P/c1-2-3-4-5-6-7-8-9-10-11-12-13-14-15-16-17-18-23-28-30(21)24-20-19-22-25-26-27-29-30/h2-20H2,1H3. The highest BCUT2D eigenvalue weighted by atomic mass is 31.2. The van der Waals surface area contributed by atoms with Crippen LogP contribution in [0.25, 0.3) is 0 Å². The first-order valence-electron chi connectivity index (χ1n) is 11.6. The largest absolute Gasteiger partial charge is 0.531 e. The molecule has 0 aromatic carbocycles. The molecule has 180 valence electrons. The second kappa shape index (κ2) is 20.8. The van der Waals surface area contributed by atoms with Crippen LogP contribution in [0.5, 0.6) is 0 Å². The Labute approximate surface area is 181 Å². The fourth-order valence-electron chi connectivity index (χ4n) is 3.16. The molecule has 1 atom stereocenters. The van der Waals surface area contributed by atoms with E-state index in [0.29, 0.717) is 0 Å². The topological polar surface area (TPSA) is 90.9 Å². The van der Waals surface area contributed by atoms with E-state index in [-0.39, 0.29) is 19.8 Å². The third-order valence-corrected chi connectivity index (χ3v) is 5.90. The highest BCUT2D eigenvalue weighted by Crippen LogP contribution is 2.50. The van der Waals surface area contributed by atoms with Gasteiger partial charge in [0.2, 0.25) is 0 Å². The van der Waals surface area contributed by atoms with Gasteiger partial charge in [-0.2, -0.15) is 0 Å². The zero-order valence-corrected chi connectivity index (χ0v) is 19.5. The van der Waals surface area contributed by atoms with Gasteiger partial charge in [0.1, 0.15) is 6.61 Å². The summed E-state index contributed by atoms with van der Waals surface area (Å²) in [5, 5.41) is 12.0. The highest BCUT2D eigenvalue weighted by molar-refractivity contribution is 7.48. The molecular formula is C20H41O9P. The van der Waals surface area contributed by atoms with Crippen LogP contribution in [-0.4, -0.2) is 19.8 Å². The van der Waals surface area contributed by atoms with Crippen LogP contribution in [0, 0.1) is 0 Å². The quantitative estimate of drug-likeness (QED) is 0.0875. The van der Waals surface area contributed by atoms with Crippen molar-refractivity contribution in [1.29, 1.82) is 0 Å². The van der Waals surface area contributed by atoms with Crippen molar-refractivity contribution >= 4 is 7.82 Å². The molecule has 0 amide bonds. The fourth-order valence-corrected chi connectivity index (χ4v) is 3.88. The molecule has 9 nitrogen and oxygen atoms in total. The SMILES string of the molecule is CCCCCCCCCCCCCCCCCCOOP1(=O)OCCOOOOO1. The van der Waals surface area contributed by atoms with Crippen molar-refractivity contribution in [2.75, 3.05) is 19.8 Å². The monoisotopic (exact) mass is 456 g/mol. The molecule has 1 aliphatic rings. The summed E-state index contributed by atoms with van der Waals surface area (Å²) in [5.41, 5.74) is 0. The van der Waals surface area contributed by atoms with Crippen LogP contribution in [0.1, 0.15) is 110 Å². The average molecular weight is 457 g/mol. The lowest BCUT2D eigenvalue weighted by Crippen LogP contribution is -2.04. The van der Waals surface area contributed by atoms with Gasteiger partial charge < -0.3 is 0 Å². The van der Waals surface area contributed by atoms with Crippen molar-refractivity contribution in [3.63, 3.8) is 0 Å². The lowest BCUT2D eigenvalue weighted by atomic mass is 10.0. The average Bonchev–Trinajstić information content (AvgIpc) is 2.85. The lowest BCUT2D eigenvalue weighted by Gasteiger charge is -2.12. The highest BCUT2D eigenvalue weighted by Gasteiger charge is 2.32. The zero-order chi connectivity index (χ0) is 21.6. The summed E-state index contributed by atoms with van der Waals surface area (Å²) in [5.74, 6) is 0. The molecule has 1 saturated heterocycles. The van der Waals surface area contributed by atoms with Crippen LogP contribution < -0.4 is 0 Å². The van der Waals surface area contributed by atoms with Gasteiger partial charge in [0.15, 0.2) is 0 Å². The van der Waals surface area contributed by atoms with Crippen LogP contribution in [0.2, 0.25) is 0 Å². The van der Waals surface area contributed by atoms with Gasteiger partial charge in [0.25, 0.3) is 0 Å². The van der Waals surface area contributed by atoms with Crippen molar-refractivity contribution in [2.24, 2.45) is 0 Å². The Hall–Kier alpha value is -0.0900. The van der Waals surface area contributed by atoms with Crippen molar-refractivity contribution in [3.05, 3.63) is 0 Å². The summed E-state index contributed by atoms with van der Waals surface area (Å²) in [4.78, 5) is 9.32. The van der Waals surface area contributed by atoms with Crippen molar-refractivity contribution < 1.29 is 43.3 Å². The number of hydrogen-bond donors (Lipinski definition) is 0. The van der Waals surface area contributed by atoms with Crippen LogP contribution in [0.3, 0.4) is 0 Å². The van der Waals surface area contributed by atoms with Crippen LogP contribution in [0.4, 0.5) is 0 Å². The van der Waals surface area contributed by atoms with Gasteiger partial charge in [-0.05, 0) is 21.5 Å². The molecule has 0 aliphatic carbocycles. The number of hydrogen-bond acceptors (Lipinski definition) is 9. The van der Waals surface area contributed by atoms with E-state index in [1.165, 1.54) is 83.5 Å². The first-order valence-corrected chi connectivity index (χ1v) is 13.1. The van der Waals surface area contributed by atoms with E-state index in [9.17, 15) is 4.57 Å². The van der Waals surface area contributed by atoms with Gasteiger partial charge in [0.05, 0.1) is 13.2 Å². The van der Waals surface area contributed by atoms with Gasteiger partial charge in [-0.25, -0.2) is 14.3 Å². The second-order valence-corrected chi connectivity index (χ2v) is 9.03. The maximum atomic E-state index is 12.0. The molecule has 10 heteroatoms. The third-order valence-electron chi connectivity index (χ3n) is 4.87. The molecule has 0 aromatic rings. The van der Waals surface area contributed by atoms with Gasteiger partial charge in [-0.3, -0.25) is 4.52 Å². The minimum absolute atomic E-state index is 0.0425. The zero-order valence-electron chi connectivity index (χ0n) is 18.6. The van der Waals surface area contributed by atoms with Crippen LogP contribution >= 0.6 is 7.82 Å². The summed E-state index contributed by atoms with van der Waals surface area (Å²) in [6.07, 6.45) is 20.7. The maximum Gasteiger partial charge on any atom is 0.531 e. The Bertz CT molecular complexity index is 398. The summed E-state index contributed by atoms with van der Waals surface area (Å²) >= 11 is 0. The molecule has 0 radical (unpaired) electrons. The molecule has 0 spiro atoms. The molecule has 1 fully saturated rings. The van der Waals surface area contributed by atoms with Crippen molar-refractivity contribution in [1.82, 2.24) is 0 Å². The van der Waals surface area contributed by atoms with E-state index in [4.69, 9.17) is 9.41 Å². The van der Waals surface area contributed by atoms with E-state index in [2.05, 4.69) is 36.3 Å². The first-order chi connectivity index (χ1) is 14.8. The normalized spacial score (nSPS) is 20.6. The summed E-state index contributed by atoms with van der Waals surface area (Å²) < 4.78 is 25.9. The molecule has 1 unspecified atom stereocenters. The number of rotatable bonds is 19. The first kappa shape index (κ1) is 27.9. The number of unbranched alkanes of at least 4 members (excludes halogenated alkanes) is 15. The molecule has 0 saturated carbocycles. The van der Waals surface area contributed by atoms with E-state index >= 15 is 0 Å². The molecule has 30 heavy (non-hydrogen) atoms. The van der Waals surface area contributed by atoms with Gasteiger partial charge in [-0.15, -0.1) is 4.67 Å².